The van der Waals surface area contributed by atoms with Crippen molar-refractivity contribution < 1.29 is 17.9 Å². The number of alkyl halides is 3. The standard InChI is InChI=1S/C11H10F3N3O/c12-11(13,14)18-9-3-1-8(2-4-9)10(15)5-6-16-7-17-10/h1-7H,15H2,(H,16,17). The van der Waals surface area contributed by atoms with E-state index in [4.69, 9.17) is 5.73 Å². The van der Waals surface area contributed by atoms with Crippen molar-refractivity contribution in [3.8, 4) is 5.75 Å². The van der Waals surface area contributed by atoms with Gasteiger partial charge >= 0.3 is 6.36 Å². The monoisotopic (exact) mass is 257 g/mol. The first kappa shape index (κ1) is 12.4. The van der Waals surface area contributed by atoms with Gasteiger partial charge in [-0.2, -0.15) is 0 Å². The van der Waals surface area contributed by atoms with Crippen molar-refractivity contribution in [3.05, 3.63) is 42.1 Å². The first-order valence-electron chi connectivity index (χ1n) is 5.02. The van der Waals surface area contributed by atoms with Crippen LogP contribution in [-0.2, 0) is 5.66 Å². The van der Waals surface area contributed by atoms with Gasteiger partial charge in [0.05, 0.1) is 6.34 Å². The molecule has 2 rings (SSSR count). The smallest absolute Gasteiger partial charge is 0.406 e. The summed E-state index contributed by atoms with van der Waals surface area (Å²) in [5.41, 5.74) is 5.46. The average Bonchev–Trinajstić information content (AvgIpc) is 2.28. The Balaban J connectivity index is 2.20. The van der Waals surface area contributed by atoms with Crippen LogP contribution in [0.15, 0.2) is 41.5 Å². The van der Waals surface area contributed by atoms with Gasteiger partial charge in [0.25, 0.3) is 0 Å². The molecular formula is C11H10F3N3O. The predicted molar refractivity (Wildman–Crippen MR) is 59.8 cm³/mol. The minimum atomic E-state index is -4.70. The van der Waals surface area contributed by atoms with E-state index in [0.29, 0.717) is 5.56 Å². The molecule has 3 N–H and O–H groups in total. The summed E-state index contributed by atoms with van der Waals surface area (Å²) < 4.78 is 39.7. The molecule has 0 radical (unpaired) electrons. The Labute approximate surface area is 101 Å². The molecule has 0 saturated carbocycles. The first-order valence-corrected chi connectivity index (χ1v) is 5.02. The summed E-state index contributed by atoms with van der Waals surface area (Å²) in [6.45, 7) is 0. The number of hydrogen-bond acceptors (Lipinski definition) is 4. The van der Waals surface area contributed by atoms with E-state index in [-0.39, 0.29) is 5.75 Å². The van der Waals surface area contributed by atoms with Gasteiger partial charge in [-0.25, -0.2) is 4.99 Å². The molecule has 0 amide bonds. The summed E-state index contributed by atoms with van der Waals surface area (Å²) in [6.07, 6.45) is -0.0748. The van der Waals surface area contributed by atoms with Crippen molar-refractivity contribution in [1.82, 2.24) is 5.32 Å². The Morgan fingerprint density at radius 3 is 2.39 bits per heavy atom. The van der Waals surface area contributed by atoms with Gasteiger partial charge < -0.3 is 10.1 Å². The van der Waals surface area contributed by atoms with Crippen molar-refractivity contribution in [3.63, 3.8) is 0 Å². The van der Waals surface area contributed by atoms with Gasteiger partial charge in [0.1, 0.15) is 5.75 Å². The van der Waals surface area contributed by atoms with Gasteiger partial charge in [-0.1, -0.05) is 12.1 Å². The van der Waals surface area contributed by atoms with Gasteiger partial charge in [-0.15, -0.1) is 13.2 Å². The van der Waals surface area contributed by atoms with Crippen molar-refractivity contribution in [2.24, 2.45) is 10.7 Å². The molecule has 1 aromatic carbocycles. The zero-order valence-electron chi connectivity index (χ0n) is 9.11. The quantitative estimate of drug-likeness (QED) is 0.849. The lowest BCUT2D eigenvalue weighted by atomic mass is 10.0. The molecule has 0 spiro atoms. The van der Waals surface area contributed by atoms with E-state index in [0.717, 1.165) is 0 Å². The van der Waals surface area contributed by atoms with Gasteiger partial charge in [-0.3, -0.25) is 5.73 Å². The van der Waals surface area contributed by atoms with Gasteiger partial charge in [0, 0.05) is 6.20 Å². The van der Waals surface area contributed by atoms with Crippen LogP contribution < -0.4 is 15.8 Å². The third kappa shape index (κ3) is 2.80. The molecule has 7 heteroatoms. The van der Waals surface area contributed by atoms with Crippen LogP contribution in [0, 0.1) is 0 Å². The van der Waals surface area contributed by atoms with E-state index in [2.05, 4.69) is 15.0 Å². The second-order valence-electron chi connectivity index (χ2n) is 3.66. The van der Waals surface area contributed by atoms with Crippen LogP contribution in [0.4, 0.5) is 13.2 Å². The zero-order chi connectivity index (χ0) is 13.2. The van der Waals surface area contributed by atoms with Crippen LogP contribution >= 0.6 is 0 Å². The van der Waals surface area contributed by atoms with Crippen molar-refractivity contribution in [1.29, 1.82) is 0 Å². The highest BCUT2D eigenvalue weighted by molar-refractivity contribution is 5.59. The summed E-state index contributed by atoms with van der Waals surface area (Å²) in [6, 6.07) is 5.27. The Morgan fingerprint density at radius 2 is 1.89 bits per heavy atom. The second kappa shape index (κ2) is 4.34. The van der Waals surface area contributed by atoms with Crippen LogP contribution in [-0.4, -0.2) is 12.7 Å². The summed E-state index contributed by atoms with van der Waals surface area (Å²) >= 11 is 0. The van der Waals surface area contributed by atoms with Crippen LogP contribution in [0.25, 0.3) is 0 Å². The molecule has 0 bridgehead atoms. The highest BCUT2D eigenvalue weighted by Crippen LogP contribution is 2.27. The number of nitrogens with two attached hydrogens (primary N) is 1. The van der Waals surface area contributed by atoms with Crippen LogP contribution in [0.3, 0.4) is 0 Å². The van der Waals surface area contributed by atoms with E-state index < -0.39 is 12.0 Å². The maximum absolute atomic E-state index is 12.0. The first-order chi connectivity index (χ1) is 8.39. The fourth-order valence-electron chi connectivity index (χ4n) is 1.50. The van der Waals surface area contributed by atoms with E-state index in [1.807, 2.05) is 0 Å². The summed E-state index contributed by atoms with van der Waals surface area (Å²) in [4.78, 5) is 4.03. The third-order valence-corrected chi connectivity index (χ3v) is 2.34. The number of nitrogens with zero attached hydrogens (tertiary/aromatic N) is 1. The minimum absolute atomic E-state index is 0.295. The fourth-order valence-corrected chi connectivity index (χ4v) is 1.50. The van der Waals surface area contributed by atoms with Crippen LogP contribution in [0.2, 0.25) is 0 Å². The Morgan fingerprint density at radius 1 is 1.22 bits per heavy atom. The summed E-state index contributed by atoms with van der Waals surface area (Å²) in [7, 11) is 0. The Bertz CT molecular complexity index is 467. The second-order valence-corrected chi connectivity index (χ2v) is 3.66. The van der Waals surface area contributed by atoms with Gasteiger partial charge in [0.15, 0.2) is 5.66 Å². The van der Waals surface area contributed by atoms with E-state index in [1.54, 1.807) is 12.3 Å². The number of nitrogens with one attached hydrogen (secondary N) is 1. The molecule has 1 unspecified atom stereocenters. The molecule has 0 saturated heterocycles. The molecule has 0 fully saturated rings. The fraction of sp³-hybridized carbons (Fsp3) is 0.182. The molecule has 0 aromatic heterocycles. The van der Waals surface area contributed by atoms with Crippen LogP contribution in [0.1, 0.15) is 5.56 Å². The molecular weight excluding hydrogens is 247 g/mol. The van der Waals surface area contributed by atoms with Crippen molar-refractivity contribution in [2.75, 3.05) is 0 Å². The maximum atomic E-state index is 12.0. The number of halogens is 3. The van der Waals surface area contributed by atoms with E-state index in [9.17, 15) is 13.2 Å². The average molecular weight is 257 g/mol. The number of aliphatic imine (C=N–C) groups is 1. The third-order valence-electron chi connectivity index (χ3n) is 2.34. The number of rotatable bonds is 2. The lowest BCUT2D eigenvalue weighted by Crippen LogP contribution is -2.35. The molecule has 1 atom stereocenters. The minimum Gasteiger partial charge on any atom is -0.406 e. The largest absolute Gasteiger partial charge is 0.573 e. The highest BCUT2D eigenvalue weighted by Gasteiger charge is 2.31. The zero-order valence-corrected chi connectivity index (χ0v) is 9.11. The van der Waals surface area contributed by atoms with Crippen LogP contribution in [0.5, 0.6) is 5.75 Å². The normalized spacial score (nSPS) is 22.7. The lowest BCUT2D eigenvalue weighted by Gasteiger charge is -2.24. The molecule has 1 aromatic rings. The highest BCUT2D eigenvalue weighted by atomic mass is 19.4. The Hall–Kier alpha value is -2.02. The van der Waals surface area contributed by atoms with Gasteiger partial charge in [0.2, 0.25) is 0 Å². The molecule has 0 aliphatic carbocycles. The number of benzene rings is 1. The molecule has 1 aliphatic rings. The molecule has 4 nitrogen and oxygen atoms in total. The molecule has 1 heterocycles. The summed E-state index contributed by atoms with van der Waals surface area (Å²) in [5.74, 6) is -0.295. The lowest BCUT2D eigenvalue weighted by molar-refractivity contribution is -0.274. The molecule has 1 aliphatic heterocycles. The molecule has 96 valence electrons. The van der Waals surface area contributed by atoms with E-state index >= 15 is 0 Å². The SMILES string of the molecule is NC1(c2ccc(OC(F)(F)F)cc2)C=CNC=N1. The summed E-state index contributed by atoms with van der Waals surface area (Å²) in [5, 5.41) is 2.73. The van der Waals surface area contributed by atoms with E-state index in [1.165, 1.54) is 30.6 Å². The van der Waals surface area contributed by atoms with Gasteiger partial charge in [-0.05, 0) is 23.8 Å². The van der Waals surface area contributed by atoms with Crippen molar-refractivity contribution >= 4 is 6.34 Å². The Kier molecular flexibility index (Phi) is 3.00. The predicted octanol–water partition coefficient (Wildman–Crippen LogP) is 1.84. The molecule has 18 heavy (non-hydrogen) atoms. The number of hydrogen-bond donors (Lipinski definition) is 2. The maximum Gasteiger partial charge on any atom is 0.573 e. The topological polar surface area (TPSA) is 59.6 Å². The number of ether oxygens (including phenoxy) is 1. The van der Waals surface area contributed by atoms with Crippen molar-refractivity contribution in [2.45, 2.75) is 12.0 Å².